The molecule has 1 saturated heterocycles. The predicted molar refractivity (Wildman–Crippen MR) is 108 cm³/mol. The summed E-state index contributed by atoms with van der Waals surface area (Å²) < 4.78 is 0. The average Bonchev–Trinajstić information content (AvgIpc) is 3.22. The van der Waals surface area contributed by atoms with E-state index in [4.69, 9.17) is 0 Å². The average molecular weight is 400 g/mol. The Balaban J connectivity index is 1.38. The van der Waals surface area contributed by atoms with Gasteiger partial charge in [-0.1, -0.05) is 6.07 Å². The Morgan fingerprint density at radius 2 is 2.07 bits per heavy atom. The molecule has 0 unspecified atom stereocenters. The molecule has 1 fully saturated rings. The van der Waals surface area contributed by atoms with Gasteiger partial charge in [0, 0.05) is 43.8 Å². The number of carbonyl (C=O) groups is 3. The quantitative estimate of drug-likeness (QED) is 0.725. The largest absolute Gasteiger partial charge is 0.352 e. The van der Waals surface area contributed by atoms with Crippen LogP contribution in [-0.4, -0.2) is 40.6 Å². The van der Waals surface area contributed by atoms with Crippen LogP contribution in [-0.2, 0) is 11.3 Å². The number of ketones is 1. The van der Waals surface area contributed by atoms with Gasteiger partial charge in [0.1, 0.15) is 0 Å². The van der Waals surface area contributed by atoms with E-state index in [0.717, 1.165) is 24.8 Å². The van der Waals surface area contributed by atoms with Crippen LogP contribution in [0.4, 0.5) is 0 Å². The van der Waals surface area contributed by atoms with Crippen molar-refractivity contribution in [3.63, 3.8) is 0 Å². The molecule has 0 bridgehead atoms. The number of aromatic nitrogens is 1. The fraction of sp³-hybridized carbons (Fsp3) is 0.429. The Hall–Kier alpha value is -2.54. The van der Waals surface area contributed by atoms with Gasteiger partial charge in [-0.05, 0) is 49.8 Å². The Bertz CT molecular complexity index is 826. The molecule has 148 valence electrons. The maximum absolute atomic E-state index is 12.6. The summed E-state index contributed by atoms with van der Waals surface area (Å²) in [6.45, 7) is 3.42. The van der Waals surface area contributed by atoms with Gasteiger partial charge in [-0.15, -0.1) is 11.3 Å². The van der Waals surface area contributed by atoms with E-state index in [2.05, 4.69) is 10.3 Å². The van der Waals surface area contributed by atoms with Crippen LogP contribution in [0.2, 0.25) is 0 Å². The highest BCUT2D eigenvalue weighted by Crippen LogP contribution is 2.24. The second-order valence-electron chi connectivity index (χ2n) is 7.17. The zero-order valence-electron chi connectivity index (χ0n) is 16.0. The number of thiophene rings is 1. The van der Waals surface area contributed by atoms with Crippen molar-refractivity contribution in [2.75, 3.05) is 13.1 Å². The number of piperidine rings is 1. The minimum atomic E-state index is -0.00966. The number of hydrogen-bond acceptors (Lipinski definition) is 5. The molecule has 3 rings (SSSR count). The molecule has 0 aromatic carbocycles. The smallest absolute Gasteiger partial charge is 0.254 e. The minimum absolute atomic E-state index is 0.00332. The van der Waals surface area contributed by atoms with Gasteiger partial charge in [0.05, 0.1) is 10.4 Å². The van der Waals surface area contributed by atoms with Crippen molar-refractivity contribution in [2.24, 2.45) is 5.92 Å². The lowest BCUT2D eigenvalue weighted by Gasteiger charge is -2.31. The van der Waals surface area contributed by atoms with Crippen LogP contribution in [0.1, 0.15) is 58.2 Å². The fourth-order valence-corrected chi connectivity index (χ4v) is 4.15. The van der Waals surface area contributed by atoms with Gasteiger partial charge in [0.15, 0.2) is 5.78 Å². The van der Waals surface area contributed by atoms with Gasteiger partial charge in [-0.2, -0.15) is 0 Å². The first-order chi connectivity index (χ1) is 13.5. The van der Waals surface area contributed by atoms with E-state index in [1.54, 1.807) is 23.8 Å². The highest BCUT2D eigenvalue weighted by molar-refractivity contribution is 7.12. The molecular formula is C21H25N3O3S. The molecular weight excluding hydrogens is 374 g/mol. The second-order valence-corrected chi connectivity index (χ2v) is 8.08. The summed E-state index contributed by atoms with van der Waals surface area (Å²) >= 11 is 1.32. The minimum Gasteiger partial charge on any atom is -0.352 e. The molecule has 0 radical (unpaired) electrons. The summed E-state index contributed by atoms with van der Waals surface area (Å²) in [5.74, 6) is 0.502. The van der Waals surface area contributed by atoms with Crippen LogP contribution < -0.4 is 5.32 Å². The monoisotopic (exact) mass is 399 g/mol. The number of amides is 2. The van der Waals surface area contributed by atoms with E-state index in [0.29, 0.717) is 42.4 Å². The van der Waals surface area contributed by atoms with E-state index in [1.165, 1.54) is 18.3 Å². The highest BCUT2D eigenvalue weighted by atomic mass is 32.1. The molecule has 0 saturated carbocycles. The first kappa shape index (κ1) is 20.2. The zero-order valence-corrected chi connectivity index (χ0v) is 16.8. The summed E-state index contributed by atoms with van der Waals surface area (Å²) in [5, 5.41) is 4.69. The van der Waals surface area contributed by atoms with E-state index < -0.39 is 0 Å². The molecule has 1 N–H and O–H groups in total. The number of likely N-dealkylation sites (tertiary alicyclic amines) is 1. The fourth-order valence-electron chi connectivity index (χ4n) is 3.37. The van der Waals surface area contributed by atoms with Crippen LogP contribution >= 0.6 is 11.3 Å². The predicted octanol–water partition coefficient (Wildman–Crippen LogP) is 3.29. The van der Waals surface area contributed by atoms with Crippen LogP contribution in [0.15, 0.2) is 36.0 Å². The van der Waals surface area contributed by atoms with Crippen molar-refractivity contribution in [1.29, 1.82) is 0 Å². The second kappa shape index (κ2) is 9.59. The standard InChI is InChI=1S/C21H25N3O3S/c1-15(25)19-11-18(14-28-19)21(27)24-9-6-16(7-10-24)4-5-20(26)23-13-17-3-2-8-22-12-17/h2-3,8,11-12,14,16H,4-7,9-10,13H2,1H3,(H,23,26). The first-order valence-corrected chi connectivity index (χ1v) is 10.4. The van der Waals surface area contributed by atoms with Gasteiger partial charge >= 0.3 is 0 Å². The van der Waals surface area contributed by atoms with Gasteiger partial charge in [-0.3, -0.25) is 19.4 Å². The molecule has 3 heterocycles. The van der Waals surface area contributed by atoms with E-state index >= 15 is 0 Å². The van der Waals surface area contributed by atoms with E-state index in [1.807, 2.05) is 17.0 Å². The molecule has 28 heavy (non-hydrogen) atoms. The van der Waals surface area contributed by atoms with Crippen LogP contribution in [0.3, 0.4) is 0 Å². The van der Waals surface area contributed by atoms with Gasteiger partial charge in [0.2, 0.25) is 5.91 Å². The van der Waals surface area contributed by atoms with Crippen molar-refractivity contribution in [3.8, 4) is 0 Å². The van der Waals surface area contributed by atoms with Crippen molar-refractivity contribution in [1.82, 2.24) is 15.2 Å². The SMILES string of the molecule is CC(=O)c1cc(C(=O)N2CCC(CCC(=O)NCc3cccnc3)CC2)cs1. The lowest BCUT2D eigenvalue weighted by molar-refractivity contribution is -0.121. The first-order valence-electron chi connectivity index (χ1n) is 9.57. The van der Waals surface area contributed by atoms with Gasteiger partial charge in [0.25, 0.3) is 5.91 Å². The lowest BCUT2D eigenvalue weighted by Crippen LogP contribution is -2.38. The van der Waals surface area contributed by atoms with Gasteiger partial charge < -0.3 is 10.2 Å². The summed E-state index contributed by atoms with van der Waals surface area (Å²) in [4.78, 5) is 42.5. The molecule has 7 heteroatoms. The molecule has 2 aromatic rings. The van der Waals surface area contributed by atoms with E-state index in [9.17, 15) is 14.4 Å². The summed E-state index contributed by atoms with van der Waals surface area (Å²) in [7, 11) is 0. The third-order valence-electron chi connectivity index (χ3n) is 5.09. The Morgan fingerprint density at radius 3 is 2.71 bits per heavy atom. The lowest BCUT2D eigenvalue weighted by atomic mass is 9.92. The molecule has 6 nitrogen and oxygen atoms in total. The number of hydrogen-bond donors (Lipinski definition) is 1. The molecule has 0 aliphatic carbocycles. The van der Waals surface area contributed by atoms with Gasteiger partial charge in [-0.25, -0.2) is 0 Å². The summed E-state index contributed by atoms with van der Waals surface area (Å²) in [6, 6.07) is 5.48. The number of carbonyl (C=O) groups excluding carboxylic acids is 3. The van der Waals surface area contributed by atoms with Crippen LogP contribution in [0, 0.1) is 5.92 Å². The molecule has 1 aliphatic rings. The van der Waals surface area contributed by atoms with Crippen molar-refractivity contribution >= 4 is 28.9 Å². The normalized spacial score (nSPS) is 14.7. The molecule has 1 aliphatic heterocycles. The third kappa shape index (κ3) is 5.48. The Labute approximate surface area is 169 Å². The third-order valence-corrected chi connectivity index (χ3v) is 6.12. The van der Waals surface area contributed by atoms with Crippen molar-refractivity contribution in [3.05, 3.63) is 52.0 Å². The van der Waals surface area contributed by atoms with Crippen LogP contribution in [0.5, 0.6) is 0 Å². The molecule has 0 atom stereocenters. The van der Waals surface area contributed by atoms with Crippen LogP contribution in [0.25, 0.3) is 0 Å². The zero-order chi connectivity index (χ0) is 19.9. The summed E-state index contributed by atoms with van der Waals surface area (Å²) in [5.41, 5.74) is 1.59. The number of rotatable bonds is 7. The summed E-state index contributed by atoms with van der Waals surface area (Å²) in [6.07, 6.45) is 6.62. The molecule has 2 amide bonds. The molecule has 2 aromatic heterocycles. The maximum atomic E-state index is 12.6. The number of pyridine rings is 1. The van der Waals surface area contributed by atoms with Crippen molar-refractivity contribution in [2.45, 2.75) is 39.2 Å². The Kier molecular flexibility index (Phi) is 6.92. The van der Waals surface area contributed by atoms with E-state index in [-0.39, 0.29) is 17.6 Å². The Morgan fingerprint density at radius 1 is 1.29 bits per heavy atom. The number of nitrogens with one attached hydrogen (secondary N) is 1. The number of nitrogens with zero attached hydrogens (tertiary/aromatic N) is 2. The maximum Gasteiger partial charge on any atom is 0.254 e. The number of Topliss-reactive ketones (excluding diaryl/α,β-unsaturated/α-hetero) is 1. The topological polar surface area (TPSA) is 79.4 Å². The van der Waals surface area contributed by atoms with Crippen molar-refractivity contribution < 1.29 is 14.4 Å². The highest BCUT2D eigenvalue weighted by Gasteiger charge is 2.24. The molecule has 0 spiro atoms.